The molecular weight excluding hydrogens is 872 g/mol. The van der Waals surface area contributed by atoms with Gasteiger partial charge in [0.05, 0.1) is 0 Å². The van der Waals surface area contributed by atoms with Crippen LogP contribution < -0.4 is 0 Å². The van der Waals surface area contributed by atoms with Gasteiger partial charge in [0.1, 0.15) is 38.1 Å². The van der Waals surface area contributed by atoms with Crippen LogP contribution in [0.4, 0.5) is 0 Å². The summed E-state index contributed by atoms with van der Waals surface area (Å²) in [5, 5.41) is 11.4. The maximum atomic E-state index is 12.9. The normalized spacial score (nSPS) is 32.3. The molecule has 360 valence electrons. The van der Waals surface area contributed by atoms with E-state index in [1.165, 1.54) is 0 Å². The summed E-state index contributed by atoms with van der Waals surface area (Å²) in [7, 11) is 0. The highest BCUT2D eigenvalue weighted by Crippen LogP contribution is 2.38. The molecule has 64 heavy (non-hydrogen) atoms. The van der Waals surface area contributed by atoms with E-state index in [-0.39, 0.29) is 0 Å². The Kier molecular flexibility index (Phi) is 19.8. The second-order valence-corrected chi connectivity index (χ2v) is 14.3. The van der Waals surface area contributed by atoms with Gasteiger partial charge in [0.15, 0.2) is 73.8 Å². The van der Waals surface area contributed by atoms with Gasteiger partial charge in [0.2, 0.25) is 0 Å². The van der Waals surface area contributed by atoms with E-state index in [1.54, 1.807) is 0 Å². The molecule has 1 N–H and O–H groups in total. The highest BCUT2D eigenvalue weighted by Gasteiger charge is 2.60. The second kappa shape index (κ2) is 23.9. The molecule has 0 saturated carbocycles. The minimum Gasteiger partial charge on any atom is -0.463 e. The van der Waals surface area contributed by atoms with E-state index in [0.717, 1.165) is 69.2 Å². The van der Waals surface area contributed by atoms with E-state index in [1.807, 2.05) is 0 Å². The lowest BCUT2D eigenvalue weighted by Gasteiger charge is -2.50. The Morgan fingerprint density at radius 3 is 0.906 bits per heavy atom. The molecule has 3 aliphatic rings. The Bertz CT molecular complexity index is 1730. The molecule has 0 spiro atoms. The summed E-state index contributed by atoms with van der Waals surface area (Å²) in [5.74, 6) is -9.58. The van der Waals surface area contributed by atoms with Crippen molar-refractivity contribution < 1.29 is 124 Å². The average molecular weight is 925 g/mol. The fraction of sp³-hybridized carbons (Fsp3) is 0.737. The van der Waals surface area contributed by atoms with Crippen LogP contribution in [0.5, 0.6) is 0 Å². The molecule has 3 rings (SSSR count). The molecule has 3 fully saturated rings. The Labute approximate surface area is 364 Å². The van der Waals surface area contributed by atoms with Crippen molar-refractivity contribution in [2.24, 2.45) is 0 Å². The van der Waals surface area contributed by atoms with E-state index in [2.05, 4.69) is 0 Å². The summed E-state index contributed by atoms with van der Waals surface area (Å²) in [6.07, 6.45) is -27.8. The quantitative estimate of drug-likeness (QED) is 0.123. The number of hydrogen-bond donors (Lipinski definition) is 1. The maximum absolute atomic E-state index is 12.9. The zero-order chi connectivity index (χ0) is 48.2. The molecule has 0 unspecified atom stereocenters. The maximum Gasteiger partial charge on any atom is 0.303 e. The SMILES string of the molecule is CC(=O)OC[C@H]1O[C@H](O[C@@H]2[C@@H](O[C@H]3[C@@H](OC(C)=O)[C@H](OC(C)=O)[C@@H](COC(C)=O)O[C@@H]3O)O[C@H](COC(C)=O)[C@@H](OC(C)=O)[C@@H]2OC(C)=O)[C@@H](OC(C)=O)[C@@H](OC(C)=O)[C@@H]1OC(C)=O. The van der Waals surface area contributed by atoms with Crippen molar-refractivity contribution in [3.63, 3.8) is 0 Å². The smallest absolute Gasteiger partial charge is 0.303 e. The highest BCUT2D eigenvalue weighted by molar-refractivity contribution is 5.70. The summed E-state index contributed by atoms with van der Waals surface area (Å²) in [5.41, 5.74) is 0. The molecule has 0 aromatic rings. The third kappa shape index (κ3) is 15.6. The standard InChI is InChI=1S/C38H52O26/c1-14(39)50-11-24-27(53-17(4)42)30(56-20(7)45)33(36(49)60-24)63-38-35(32(58-22(9)47)29(55-19(6)44)26(62-38)13-52-16(3)41)64-37-34(59-23(10)48)31(57-21(8)46)28(54-18(5)43)25(61-37)12-51-15(2)40/h24-38,49H,11-13H2,1-10H3/t24-,25-,26-,27-,28-,29-,30+,31+,32+,33+,34+,35+,36+,37-,38-/m1/s1. The van der Waals surface area contributed by atoms with Crippen LogP contribution in [-0.4, -0.2) is 177 Å². The van der Waals surface area contributed by atoms with Crippen LogP contribution in [0.15, 0.2) is 0 Å². The molecule has 0 aromatic carbocycles. The van der Waals surface area contributed by atoms with Crippen LogP contribution in [0.1, 0.15) is 69.2 Å². The highest BCUT2D eigenvalue weighted by atomic mass is 16.8. The van der Waals surface area contributed by atoms with Gasteiger partial charge in [-0.1, -0.05) is 0 Å². The van der Waals surface area contributed by atoms with E-state index in [0.29, 0.717) is 0 Å². The van der Waals surface area contributed by atoms with Gasteiger partial charge in [0, 0.05) is 69.2 Å². The van der Waals surface area contributed by atoms with E-state index >= 15 is 0 Å². The fourth-order valence-electron chi connectivity index (χ4n) is 6.77. The topological polar surface area (TPSA) is 329 Å². The molecule has 0 radical (unpaired) electrons. The first-order valence-electron chi connectivity index (χ1n) is 19.4. The summed E-state index contributed by atoms with van der Waals surface area (Å²) >= 11 is 0. The van der Waals surface area contributed by atoms with Gasteiger partial charge < -0.3 is 76.2 Å². The first-order valence-corrected chi connectivity index (χ1v) is 19.4. The van der Waals surface area contributed by atoms with Gasteiger partial charge in [0.25, 0.3) is 0 Å². The predicted octanol–water partition coefficient (Wildman–Crippen LogP) is -1.86. The van der Waals surface area contributed by atoms with Gasteiger partial charge in [-0.15, -0.1) is 0 Å². The van der Waals surface area contributed by atoms with Crippen molar-refractivity contribution >= 4 is 59.7 Å². The summed E-state index contributed by atoms with van der Waals surface area (Å²) in [4.78, 5) is 124. The average Bonchev–Trinajstić information content (AvgIpc) is 3.14. The van der Waals surface area contributed by atoms with E-state index < -0.39 is 172 Å². The van der Waals surface area contributed by atoms with Crippen LogP contribution in [0.25, 0.3) is 0 Å². The largest absolute Gasteiger partial charge is 0.463 e. The second-order valence-electron chi connectivity index (χ2n) is 14.3. The monoisotopic (exact) mass is 924 g/mol. The number of aliphatic hydroxyl groups excluding tert-OH is 1. The molecule has 15 atom stereocenters. The lowest BCUT2D eigenvalue weighted by atomic mass is 9.95. The number of esters is 10. The lowest BCUT2D eigenvalue weighted by molar-refractivity contribution is -0.391. The van der Waals surface area contributed by atoms with Crippen LogP contribution >= 0.6 is 0 Å². The minimum absolute atomic E-state index is 0.646. The lowest BCUT2D eigenvalue weighted by Crippen LogP contribution is -2.69. The third-order valence-electron chi connectivity index (χ3n) is 8.84. The summed E-state index contributed by atoms with van der Waals surface area (Å²) < 4.78 is 84.2. The number of rotatable bonds is 17. The minimum atomic E-state index is -2.18. The Hall–Kier alpha value is -5.54. The molecule has 3 aliphatic heterocycles. The van der Waals surface area contributed by atoms with Gasteiger partial charge in [-0.2, -0.15) is 0 Å². The fourth-order valence-corrected chi connectivity index (χ4v) is 6.77. The van der Waals surface area contributed by atoms with Crippen molar-refractivity contribution in [3.05, 3.63) is 0 Å². The van der Waals surface area contributed by atoms with Gasteiger partial charge in [-0.3, -0.25) is 47.9 Å². The Balaban J connectivity index is 2.33. The van der Waals surface area contributed by atoms with Crippen molar-refractivity contribution in [1.82, 2.24) is 0 Å². The first-order chi connectivity index (χ1) is 29.9. The molecule has 26 heteroatoms. The Morgan fingerprint density at radius 1 is 0.328 bits per heavy atom. The van der Waals surface area contributed by atoms with Crippen molar-refractivity contribution in [2.75, 3.05) is 19.8 Å². The predicted molar refractivity (Wildman–Crippen MR) is 197 cm³/mol. The van der Waals surface area contributed by atoms with Gasteiger partial charge >= 0.3 is 59.7 Å². The van der Waals surface area contributed by atoms with Crippen LogP contribution in [0, 0.1) is 0 Å². The first kappa shape index (κ1) is 52.8. The zero-order valence-corrected chi connectivity index (χ0v) is 36.4. The number of carbonyl (C=O) groups excluding carboxylic acids is 10. The molecular formula is C38H52O26. The van der Waals surface area contributed by atoms with E-state index in [4.69, 9.17) is 71.1 Å². The number of aliphatic hydroxyl groups is 1. The Morgan fingerprint density at radius 2 is 0.578 bits per heavy atom. The molecule has 0 aromatic heterocycles. The zero-order valence-electron chi connectivity index (χ0n) is 36.4. The molecule has 0 aliphatic carbocycles. The van der Waals surface area contributed by atoms with Crippen molar-refractivity contribution in [3.8, 4) is 0 Å². The molecule has 26 nitrogen and oxygen atoms in total. The molecule has 0 bridgehead atoms. The van der Waals surface area contributed by atoms with Crippen LogP contribution in [0.3, 0.4) is 0 Å². The number of carbonyl (C=O) groups is 10. The van der Waals surface area contributed by atoms with E-state index in [9.17, 15) is 53.1 Å². The molecule has 3 heterocycles. The van der Waals surface area contributed by atoms with Crippen LogP contribution in [0.2, 0.25) is 0 Å². The van der Waals surface area contributed by atoms with Crippen molar-refractivity contribution in [2.45, 2.75) is 161 Å². The molecule has 0 amide bonds. The number of ether oxygens (including phenoxy) is 15. The van der Waals surface area contributed by atoms with Crippen molar-refractivity contribution in [1.29, 1.82) is 0 Å². The van der Waals surface area contributed by atoms with Gasteiger partial charge in [-0.25, -0.2) is 0 Å². The molecule has 3 saturated heterocycles. The third-order valence-corrected chi connectivity index (χ3v) is 8.84. The summed E-state index contributed by atoms with van der Waals surface area (Å²) in [6, 6.07) is 0. The number of hydrogen-bond acceptors (Lipinski definition) is 26. The van der Waals surface area contributed by atoms with Crippen LogP contribution in [-0.2, 0) is 119 Å². The summed E-state index contributed by atoms with van der Waals surface area (Å²) in [6.45, 7) is 7.73. The van der Waals surface area contributed by atoms with Gasteiger partial charge in [-0.05, 0) is 0 Å².